The average Bonchev–Trinajstić information content (AvgIpc) is 2.55. The fourth-order valence-corrected chi connectivity index (χ4v) is 2.68. The second-order valence-electron chi connectivity index (χ2n) is 4.34. The molecule has 0 aromatic carbocycles. The van der Waals surface area contributed by atoms with E-state index in [4.69, 9.17) is 4.74 Å². The van der Waals surface area contributed by atoms with Gasteiger partial charge in [-0.05, 0) is 37.8 Å². The third-order valence-corrected chi connectivity index (χ3v) is 3.41. The van der Waals surface area contributed by atoms with Gasteiger partial charge in [0.25, 0.3) is 0 Å². The third-order valence-electron chi connectivity index (χ3n) is 3.41. The van der Waals surface area contributed by atoms with Gasteiger partial charge in [-0.1, -0.05) is 6.42 Å². The van der Waals surface area contributed by atoms with Gasteiger partial charge in [0, 0.05) is 6.20 Å². The molecule has 0 N–H and O–H groups in total. The van der Waals surface area contributed by atoms with Gasteiger partial charge in [-0.15, -0.1) is 0 Å². The van der Waals surface area contributed by atoms with Crippen LogP contribution in [-0.2, 0) is 10.3 Å². The number of aromatic nitrogens is 1. The van der Waals surface area contributed by atoms with Crippen LogP contribution in [0.2, 0.25) is 0 Å². The second-order valence-corrected chi connectivity index (χ2v) is 4.34. The van der Waals surface area contributed by atoms with E-state index in [-0.39, 0.29) is 11.6 Å². The Balaban J connectivity index is 2.10. The largest absolute Gasteiger partial charge is 0.449 e. The highest BCUT2D eigenvalue weighted by Gasteiger charge is 2.47. The molecule has 3 nitrogen and oxygen atoms in total. The fraction of sp³-hybridized carbons (Fsp3) is 0.500. The lowest BCUT2D eigenvalue weighted by molar-refractivity contribution is -0.0299. The summed E-state index contributed by atoms with van der Waals surface area (Å²) in [6, 6.07) is 3.61. The van der Waals surface area contributed by atoms with Crippen LogP contribution in [0.3, 0.4) is 0 Å². The molecule has 2 aliphatic rings. The maximum atomic E-state index is 11.7. The highest BCUT2D eigenvalue weighted by molar-refractivity contribution is 5.94. The van der Waals surface area contributed by atoms with Crippen LogP contribution in [0.4, 0.5) is 0 Å². The first-order valence-electron chi connectivity index (χ1n) is 5.51. The number of esters is 1. The molecule has 0 atom stereocenters. The van der Waals surface area contributed by atoms with Gasteiger partial charge in [0.15, 0.2) is 5.60 Å². The molecule has 0 radical (unpaired) electrons. The summed E-state index contributed by atoms with van der Waals surface area (Å²) in [5.41, 5.74) is 1.15. The van der Waals surface area contributed by atoms with Gasteiger partial charge >= 0.3 is 5.97 Å². The molecule has 0 saturated heterocycles. The quantitative estimate of drug-likeness (QED) is 0.608. The number of fused-ring (bicyclic) bond motifs is 2. The lowest BCUT2D eigenvalue weighted by Crippen LogP contribution is -2.29. The first-order chi connectivity index (χ1) is 7.32. The molecule has 3 heteroatoms. The zero-order valence-corrected chi connectivity index (χ0v) is 8.53. The maximum absolute atomic E-state index is 11.7. The molecule has 1 fully saturated rings. The SMILES string of the molecule is O=C1OC2(CCCCC2)c2ncccc21. The fourth-order valence-electron chi connectivity index (χ4n) is 2.68. The lowest BCUT2D eigenvalue weighted by atomic mass is 9.82. The van der Waals surface area contributed by atoms with Crippen LogP contribution in [0.1, 0.15) is 48.2 Å². The summed E-state index contributed by atoms with van der Waals surface area (Å²) in [6.45, 7) is 0. The molecule has 1 aliphatic heterocycles. The molecule has 1 aliphatic carbocycles. The summed E-state index contributed by atoms with van der Waals surface area (Å²) in [5, 5.41) is 0. The molecule has 3 rings (SSSR count). The average molecular weight is 203 g/mol. The Bertz CT molecular complexity index is 408. The molecule has 2 heterocycles. The normalized spacial score (nSPS) is 22.5. The Kier molecular flexibility index (Phi) is 1.81. The molecule has 0 unspecified atom stereocenters. The maximum Gasteiger partial charge on any atom is 0.341 e. The number of carbonyl (C=O) groups excluding carboxylic acids is 1. The topological polar surface area (TPSA) is 39.2 Å². The minimum atomic E-state index is -0.383. The number of hydrogen-bond donors (Lipinski definition) is 0. The van der Waals surface area contributed by atoms with E-state index < -0.39 is 0 Å². The highest BCUT2D eigenvalue weighted by Crippen LogP contribution is 2.45. The van der Waals surface area contributed by atoms with Crippen LogP contribution in [0.25, 0.3) is 0 Å². The van der Waals surface area contributed by atoms with Gasteiger partial charge in [-0.2, -0.15) is 0 Å². The zero-order chi connectivity index (χ0) is 10.3. The number of carbonyl (C=O) groups is 1. The van der Waals surface area contributed by atoms with Crippen LogP contribution < -0.4 is 0 Å². The van der Waals surface area contributed by atoms with Crippen LogP contribution in [0.5, 0.6) is 0 Å². The second kappa shape index (κ2) is 3.05. The van der Waals surface area contributed by atoms with E-state index in [1.165, 1.54) is 6.42 Å². The van der Waals surface area contributed by atoms with Gasteiger partial charge in [0.1, 0.15) is 0 Å². The van der Waals surface area contributed by atoms with Crippen LogP contribution in [0.15, 0.2) is 18.3 Å². The van der Waals surface area contributed by atoms with Gasteiger partial charge in [-0.3, -0.25) is 4.98 Å². The number of ether oxygens (including phenoxy) is 1. The zero-order valence-electron chi connectivity index (χ0n) is 8.53. The summed E-state index contributed by atoms with van der Waals surface area (Å²) >= 11 is 0. The van der Waals surface area contributed by atoms with Crippen molar-refractivity contribution in [3.63, 3.8) is 0 Å². The van der Waals surface area contributed by atoms with Crippen molar-refractivity contribution >= 4 is 5.97 Å². The van der Waals surface area contributed by atoms with Crippen molar-refractivity contribution in [3.05, 3.63) is 29.6 Å². The van der Waals surface area contributed by atoms with Crippen molar-refractivity contribution in [1.29, 1.82) is 0 Å². The highest BCUT2D eigenvalue weighted by atomic mass is 16.6. The van der Waals surface area contributed by atoms with E-state index in [1.54, 1.807) is 12.3 Å². The Morgan fingerprint density at radius 3 is 2.87 bits per heavy atom. The van der Waals surface area contributed by atoms with Gasteiger partial charge < -0.3 is 4.74 Å². The molecule has 15 heavy (non-hydrogen) atoms. The summed E-state index contributed by atoms with van der Waals surface area (Å²) in [5.74, 6) is -0.194. The van der Waals surface area contributed by atoms with Crippen LogP contribution in [0, 0.1) is 0 Å². The monoisotopic (exact) mass is 203 g/mol. The van der Waals surface area contributed by atoms with Crippen molar-refractivity contribution in [2.75, 3.05) is 0 Å². The number of nitrogens with zero attached hydrogens (tertiary/aromatic N) is 1. The Labute approximate surface area is 88.5 Å². The van der Waals surface area contributed by atoms with E-state index in [9.17, 15) is 4.79 Å². The summed E-state index contributed by atoms with van der Waals surface area (Å²) in [4.78, 5) is 16.0. The third kappa shape index (κ3) is 1.19. The van der Waals surface area contributed by atoms with Gasteiger partial charge in [0.05, 0.1) is 11.3 Å². The van der Waals surface area contributed by atoms with E-state index in [0.29, 0.717) is 5.56 Å². The molecule has 0 amide bonds. The number of hydrogen-bond acceptors (Lipinski definition) is 3. The molecule has 78 valence electrons. The van der Waals surface area contributed by atoms with E-state index >= 15 is 0 Å². The summed E-state index contributed by atoms with van der Waals surface area (Å²) in [7, 11) is 0. The molecule has 1 aromatic heterocycles. The molecule has 1 aromatic rings. The minimum absolute atomic E-state index is 0.194. The number of pyridine rings is 1. The molecular weight excluding hydrogens is 190 g/mol. The number of rotatable bonds is 0. The molecule has 1 saturated carbocycles. The van der Waals surface area contributed by atoms with Crippen LogP contribution >= 0.6 is 0 Å². The van der Waals surface area contributed by atoms with Crippen molar-refractivity contribution in [2.45, 2.75) is 37.7 Å². The predicted octanol–water partition coefficient (Wildman–Crippen LogP) is 2.41. The van der Waals surface area contributed by atoms with Crippen molar-refractivity contribution in [1.82, 2.24) is 4.98 Å². The van der Waals surface area contributed by atoms with E-state index in [1.807, 2.05) is 6.07 Å². The van der Waals surface area contributed by atoms with Crippen molar-refractivity contribution in [3.8, 4) is 0 Å². The van der Waals surface area contributed by atoms with Crippen LogP contribution in [-0.4, -0.2) is 11.0 Å². The predicted molar refractivity (Wildman–Crippen MR) is 54.4 cm³/mol. The standard InChI is InChI=1S/C12H13NO2/c14-11-9-5-4-8-13-10(9)12(15-11)6-2-1-3-7-12/h4-5,8H,1-3,6-7H2. The van der Waals surface area contributed by atoms with Gasteiger partial charge in [-0.25, -0.2) is 4.79 Å². The minimum Gasteiger partial charge on any atom is -0.449 e. The van der Waals surface area contributed by atoms with E-state index in [0.717, 1.165) is 31.4 Å². The molecule has 0 bridgehead atoms. The molecular formula is C12H13NO2. The summed E-state index contributed by atoms with van der Waals surface area (Å²) < 4.78 is 5.56. The molecule has 1 spiro atoms. The first-order valence-corrected chi connectivity index (χ1v) is 5.51. The Morgan fingerprint density at radius 2 is 2.07 bits per heavy atom. The van der Waals surface area contributed by atoms with E-state index in [2.05, 4.69) is 4.98 Å². The first kappa shape index (κ1) is 8.89. The van der Waals surface area contributed by atoms with Crippen molar-refractivity contribution in [2.24, 2.45) is 0 Å². The Morgan fingerprint density at radius 1 is 1.27 bits per heavy atom. The smallest absolute Gasteiger partial charge is 0.341 e. The van der Waals surface area contributed by atoms with Crippen molar-refractivity contribution < 1.29 is 9.53 Å². The summed E-state index contributed by atoms with van der Waals surface area (Å²) in [6.07, 6.45) is 7.11. The Hall–Kier alpha value is -1.38. The lowest BCUT2D eigenvalue weighted by Gasteiger charge is -2.31. The van der Waals surface area contributed by atoms with Gasteiger partial charge in [0.2, 0.25) is 0 Å².